The molecule has 37 heavy (non-hydrogen) atoms. The average Bonchev–Trinajstić information content (AvgIpc) is 3.36. The monoisotopic (exact) mass is 561 g/mol. The van der Waals surface area contributed by atoms with Gasteiger partial charge < -0.3 is 18.6 Å². The van der Waals surface area contributed by atoms with Crippen LogP contribution in [0, 0.1) is 0 Å². The Morgan fingerprint density at radius 1 is 1.05 bits per heavy atom. The summed E-state index contributed by atoms with van der Waals surface area (Å²) in [5.74, 6) is 1.23. The highest BCUT2D eigenvalue weighted by atomic mass is 79.9. The van der Waals surface area contributed by atoms with Gasteiger partial charge in [0.1, 0.15) is 17.1 Å². The number of rotatable bonds is 7. The Morgan fingerprint density at radius 3 is 2.68 bits per heavy atom. The largest absolute Gasteiger partial charge is 0.496 e. The lowest BCUT2D eigenvalue weighted by Crippen LogP contribution is -2.20. The number of ether oxygens (including phenoxy) is 3. The van der Waals surface area contributed by atoms with E-state index < -0.39 is 5.97 Å². The molecule has 0 aliphatic heterocycles. The highest BCUT2D eigenvalue weighted by molar-refractivity contribution is 9.10. The van der Waals surface area contributed by atoms with Crippen molar-refractivity contribution in [1.29, 1.82) is 0 Å². The first-order valence-electron chi connectivity index (χ1n) is 11.1. The molecule has 10 heteroatoms. The van der Waals surface area contributed by atoms with Gasteiger partial charge >= 0.3 is 5.97 Å². The fourth-order valence-electron chi connectivity index (χ4n) is 3.75. The zero-order valence-corrected chi connectivity index (χ0v) is 21.4. The smallest absolute Gasteiger partial charge is 0.343 e. The number of halogens is 1. The van der Waals surface area contributed by atoms with Crippen molar-refractivity contribution in [2.45, 2.75) is 0 Å². The summed E-state index contributed by atoms with van der Waals surface area (Å²) >= 11 is 3.43. The zero-order chi connectivity index (χ0) is 25.9. The molecule has 9 nitrogen and oxygen atoms in total. The number of furan rings is 1. The van der Waals surface area contributed by atoms with Gasteiger partial charge in [-0.25, -0.2) is 9.78 Å². The zero-order valence-electron chi connectivity index (χ0n) is 19.8. The summed E-state index contributed by atoms with van der Waals surface area (Å²) in [4.78, 5) is 29.5. The van der Waals surface area contributed by atoms with Crippen LogP contribution in [-0.4, -0.2) is 42.7 Å². The van der Waals surface area contributed by atoms with E-state index in [0.717, 1.165) is 5.39 Å². The summed E-state index contributed by atoms with van der Waals surface area (Å²) < 4.78 is 23.3. The molecule has 2 aromatic heterocycles. The molecule has 0 radical (unpaired) electrons. The van der Waals surface area contributed by atoms with Gasteiger partial charge in [-0.05, 0) is 70.0 Å². The summed E-state index contributed by atoms with van der Waals surface area (Å²) in [5.41, 5.74) is 1.45. The second kappa shape index (κ2) is 10.3. The quantitative estimate of drug-likeness (QED) is 0.203. The molecular weight excluding hydrogens is 542 g/mol. The predicted molar refractivity (Wildman–Crippen MR) is 142 cm³/mol. The van der Waals surface area contributed by atoms with Gasteiger partial charge in [-0.1, -0.05) is 18.2 Å². The van der Waals surface area contributed by atoms with Crippen molar-refractivity contribution in [2.24, 2.45) is 5.10 Å². The van der Waals surface area contributed by atoms with E-state index in [1.807, 2.05) is 24.3 Å². The first-order valence-corrected chi connectivity index (χ1v) is 11.9. The molecule has 0 spiro atoms. The molecule has 0 atom stereocenters. The highest BCUT2D eigenvalue weighted by Crippen LogP contribution is 2.33. The molecule has 0 bridgehead atoms. The van der Waals surface area contributed by atoms with Crippen molar-refractivity contribution in [3.63, 3.8) is 0 Å². The molecule has 0 aliphatic rings. The van der Waals surface area contributed by atoms with Crippen LogP contribution < -0.4 is 15.0 Å². The van der Waals surface area contributed by atoms with E-state index in [4.69, 9.17) is 18.9 Å². The molecular formula is C27H20BrN3O6. The summed E-state index contributed by atoms with van der Waals surface area (Å²) in [5, 5.41) is 5.64. The van der Waals surface area contributed by atoms with E-state index >= 15 is 0 Å². The molecule has 2 heterocycles. The SMILES string of the molecule is COC(=O)COc1ccc(C=Nn2c(-c3cc4c(OC)cccc4o3)nc3ccccc3c2=O)cc1Br. The Balaban J connectivity index is 1.58. The minimum absolute atomic E-state index is 0.216. The molecule has 0 fully saturated rings. The second-order valence-corrected chi connectivity index (χ2v) is 8.71. The first-order chi connectivity index (χ1) is 18.0. The summed E-state index contributed by atoms with van der Waals surface area (Å²) in [6.07, 6.45) is 1.53. The van der Waals surface area contributed by atoms with Crippen molar-refractivity contribution in [1.82, 2.24) is 9.66 Å². The lowest BCUT2D eigenvalue weighted by Gasteiger charge is -2.08. The molecule has 3 aromatic carbocycles. The molecule has 5 aromatic rings. The first kappa shape index (κ1) is 24.3. The van der Waals surface area contributed by atoms with Crippen molar-refractivity contribution in [3.8, 4) is 23.1 Å². The Labute approximate surface area is 219 Å². The van der Waals surface area contributed by atoms with Crippen LogP contribution >= 0.6 is 15.9 Å². The van der Waals surface area contributed by atoms with E-state index in [9.17, 15) is 9.59 Å². The van der Waals surface area contributed by atoms with Crippen LogP contribution in [-0.2, 0) is 9.53 Å². The van der Waals surface area contributed by atoms with Gasteiger partial charge in [0.25, 0.3) is 5.56 Å². The fourth-order valence-corrected chi connectivity index (χ4v) is 4.26. The van der Waals surface area contributed by atoms with Crippen LogP contribution in [0.2, 0.25) is 0 Å². The maximum absolute atomic E-state index is 13.5. The number of hydrogen-bond donors (Lipinski definition) is 0. The standard InChI is InChI=1S/C27H20BrN3O6/c1-34-21-8-5-9-22-18(21)13-24(37-22)26-30-20-7-4-3-6-17(20)27(33)31(26)29-14-16-10-11-23(19(28)12-16)36-15-25(32)35-2/h3-14H,15H2,1-2H3. The molecule has 0 amide bonds. The van der Waals surface area contributed by atoms with E-state index in [1.54, 1.807) is 49.6 Å². The maximum Gasteiger partial charge on any atom is 0.343 e. The van der Waals surface area contributed by atoms with Gasteiger partial charge in [-0.3, -0.25) is 4.79 Å². The van der Waals surface area contributed by atoms with Gasteiger partial charge in [0.15, 0.2) is 12.4 Å². The topological polar surface area (TPSA) is 105 Å². The Morgan fingerprint density at radius 2 is 1.89 bits per heavy atom. The third-order valence-electron chi connectivity index (χ3n) is 5.57. The fraction of sp³-hybridized carbons (Fsp3) is 0.111. The molecule has 5 rings (SSSR count). The van der Waals surface area contributed by atoms with Crippen LogP contribution in [0.15, 0.2) is 85.5 Å². The molecule has 0 saturated carbocycles. The minimum atomic E-state index is -0.489. The van der Waals surface area contributed by atoms with E-state index in [-0.39, 0.29) is 18.0 Å². The van der Waals surface area contributed by atoms with Gasteiger partial charge in [0, 0.05) is 0 Å². The summed E-state index contributed by atoms with van der Waals surface area (Å²) in [6, 6.07) is 19.5. The van der Waals surface area contributed by atoms with Crippen molar-refractivity contribution >= 4 is 50.0 Å². The van der Waals surface area contributed by atoms with Crippen molar-refractivity contribution < 1.29 is 23.4 Å². The Bertz CT molecular complexity index is 1720. The van der Waals surface area contributed by atoms with Gasteiger partial charge in [0.05, 0.1) is 41.2 Å². The number of fused-ring (bicyclic) bond motifs is 2. The third-order valence-corrected chi connectivity index (χ3v) is 6.19. The van der Waals surface area contributed by atoms with Crippen molar-refractivity contribution in [2.75, 3.05) is 20.8 Å². The average molecular weight is 562 g/mol. The lowest BCUT2D eigenvalue weighted by atomic mass is 10.2. The number of nitrogens with zero attached hydrogens (tertiary/aromatic N) is 3. The molecule has 186 valence electrons. The number of carbonyl (C=O) groups is 1. The van der Waals surface area contributed by atoms with Crippen LogP contribution in [0.25, 0.3) is 33.5 Å². The summed E-state index contributed by atoms with van der Waals surface area (Å²) in [6.45, 7) is -0.216. The number of carbonyl (C=O) groups excluding carboxylic acids is 1. The number of para-hydroxylation sites is 1. The van der Waals surface area contributed by atoms with Gasteiger partial charge in [0.2, 0.25) is 5.82 Å². The number of esters is 1. The third kappa shape index (κ3) is 4.83. The predicted octanol–water partition coefficient (Wildman–Crippen LogP) is 5.01. The lowest BCUT2D eigenvalue weighted by molar-refractivity contribution is -0.142. The second-order valence-electron chi connectivity index (χ2n) is 7.85. The Hall–Kier alpha value is -4.44. The number of methoxy groups -OCH3 is 2. The number of hydrogen-bond acceptors (Lipinski definition) is 8. The van der Waals surface area contributed by atoms with Crippen molar-refractivity contribution in [3.05, 3.63) is 87.1 Å². The van der Waals surface area contributed by atoms with Crippen LogP contribution in [0.1, 0.15) is 5.56 Å². The molecule has 0 aliphatic carbocycles. The number of benzene rings is 3. The minimum Gasteiger partial charge on any atom is -0.496 e. The maximum atomic E-state index is 13.5. The van der Waals surface area contributed by atoms with E-state index in [1.165, 1.54) is 18.0 Å². The van der Waals surface area contributed by atoms with Crippen LogP contribution in [0.3, 0.4) is 0 Å². The van der Waals surface area contributed by atoms with Crippen LogP contribution in [0.4, 0.5) is 0 Å². The molecule has 0 N–H and O–H groups in total. The van der Waals surface area contributed by atoms with Crippen LogP contribution in [0.5, 0.6) is 11.5 Å². The van der Waals surface area contributed by atoms with E-state index in [2.05, 4.69) is 25.8 Å². The number of aromatic nitrogens is 2. The summed E-state index contributed by atoms with van der Waals surface area (Å²) in [7, 11) is 2.87. The Kier molecular flexibility index (Phi) is 6.74. The highest BCUT2D eigenvalue weighted by Gasteiger charge is 2.18. The molecule has 0 saturated heterocycles. The normalized spacial score (nSPS) is 11.3. The van der Waals surface area contributed by atoms with E-state index in [0.29, 0.717) is 43.8 Å². The van der Waals surface area contributed by atoms with Gasteiger partial charge in [-0.15, -0.1) is 0 Å². The molecule has 0 unspecified atom stereocenters. The van der Waals surface area contributed by atoms with Gasteiger partial charge in [-0.2, -0.15) is 9.78 Å².